The van der Waals surface area contributed by atoms with Gasteiger partial charge in [-0.3, -0.25) is 14.4 Å². The van der Waals surface area contributed by atoms with Gasteiger partial charge in [0.25, 0.3) is 0 Å². The van der Waals surface area contributed by atoms with Gasteiger partial charge in [0.05, 0.1) is 17.6 Å². The van der Waals surface area contributed by atoms with Crippen LogP contribution in [0, 0.1) is 11.8 Å². The average Bonchev–Trinajstić information content (AvgIpc) is 2.79. The molecule has 2 unspecified atom stereocenters. The first-order chi connectivity index (χ1) is 15.7. The Labute approximate surface area is 193 Å². The minimum atomic E-state index is -1.30. The maximum Gasteiger partial charge on any atom is 0.339 e. The first-order valence-corrected chi connectivity index (χ1v) is 11.0. The van der Waals surface area contributed by atoms with Crippen molar-refractivity contribution in [2.45, 2.75) is 17.7 Å². The molecule has 0 bridgehead atoms. The number of carbonyl (C=O) groups is 4. The topological polar surface area (TPSA) is 153 Å². The van der Waals surface area contributed by atoms with Crippen molar-refractivity contribution in [2.75, 3.05) is 16.4 Å². The van der Waals surface area contributed by atoms with Crippen molar-refractivity contribution in [3.8, 4) is 5.75 Å². The maximum absolute atomic E-state index is 12.5. The average molecular weight is 471 g/mol. The van der Waals surface area contributed by atoms with Crippen LogP contribution >= 0.6 is 11.8 Å². The molecule has 9 nitrogen and oxygen atoms in total. The van der Waals surface area contributed by atoms with Gasteiger partial charge in [0.15, 0.2) is 0 Å². The summed E-state index contributed by atoms with van der Waals surface area (Å²) < 4.78 is 0. The standard InChI is InChI=1S/C23H22N2O7S/c26-19-10-7-14(11-18(19)23(31)32)24-20(27)12-33-15-8-5-13(6-9-15)25-21(28)16-3-1-2-4-17(16)22(29)30/h1-2,5-11,16-17,26H,3-4,12H2,(H,24,27)(H,25,28)(H,29,30)(H,31,32). The smallest absolute Gasteiger partial charge is 0.339 e. The Morgan fingerprint density at radius 2 is 1.52 bits per heavy atom. The number of hydrogen-bond acceptors (Lipinski definition) is 6. The second kappa shape index (κ2) is 10.7. The lowest BCUT2D eigenvalue weighted by atomic mass is 9.82. The molecule has 0 saturated carbocycles. The SMILES string of the molecule is O=C(CSc1ccc(NC(=O)C2CC=CCC2C(=O)O)cc1)Nc1ccc(O)c(C(=O)O)c1. The highest BCUT2D eigenvalue weighted by Crippen LogP contribution is 2.28. The molecule has 0 aromatic heterocycles. The van der Waals surface area contributed by atoms with Crippen LogP contribution in [0.1, 0.15) is 23.2 Å². The third kappa shape index (κ3) is 6.36. The summed E-state index contributed by atoms with van der Waals surface area (Å²) in [4.78, 5) is 47.9. The number of allylic oxidation sites excluding steroid dienone is 2. The van der Waals surface area contributed by atoms with E-state index in [1.54, 1.807) is 30.3 Å². The van der Waals surface area contributed by atoms with Crippen LogP contribution in [0.4, 0.5) is 11.4 Å². The molecule has 2 atom stereocenters. The monoisotopic (exact) mass is 470 g/mol. The molecule has 0 saturated heterocycles. The van der Waals surface area contributed by atoms with E-state index < -0.39 is 23.8 Å². The first-order valence-electron chi connectivity index (χ1n) is 10.0. The lowest BCUT2D eigenvalue weighted by Crippen LogP contribution is -2.34. The van der Waals surface area contributed by atoms with E-state index in [9.17, 15) is 29.4 Å². The molecule has 5 N–H and O–H groups in total. The van der Waals surface area contributed by atoms with Gasteiger partial charge in [0.2, 0.25) is 11.8 Å². The number of hydrogen-bond donors (Lipinski definition) is 5. The summed E-state index contributed by atoms with van der Waals surface area (Å²) in [6.07, 6.45) is 4.29. The number of aliphatic carboxylic acids is 1. The maximum atomic E-state index is 12.5. The van der Waals surface area contributed by atoms with Gasteiger partial charge < -0.3 is 26.0 Å². The highest BCUT2D eigenvalue weighted by Gasteiger charge is 2.33. The third-order valence-electron chi connectivity index (χ3n) is 5.09. The van der Waals surface area contributed by atoms with Crippen LogP contribution in [-0.2, 0) is 14.4 Å². The fourth-order valence-electron chi connectivity index (χ4n) is 3.38. The molecule has 2 aromatic carbocycles. The predicted octanol–water partition coefficient (Wildman–Crippen LogP) is 3.43. The van der Waals surface area contributed by atoms with E-state index in [0.717, 1.165) is 4.90 Å². The van der Waals surface area contributed by atoms with Gasteiger partial charge in [-0.2, -0.15) is 0 Å². The van der Waals surface area contributed by atoms with Gasteiger partial charge in [0.1, 0.15) is 11.3 Å². The minimum absolute atomic E-state index is 0.0592. The summed E-state index contributed by atoms with van der Waals surface area (Å²) >= 11 is 1.24. The Bertz CT molecular complexity index is 1100. The number of thioether (sulfide) groups is 1. The fourth-order valence-corrected chi connectivity index (χ4v) is 4.08. The Hall–Kier alpha value is -3.79. The van der Waals surface area contributed by atoms with Crippen molar-refractivity contribution in [1.82, 2.24) is 0 Å². The second-order valence-electron chi connectivity index (χ2n) is 7.38. The molecule has 0 radical (unpaired) electrons. The summed E-state index contributed by atoms with van der Waals surface area (Å²) in [6, 6.07) is 10.6. The van der Waals surface area contributed by atoms with Gasteiger partial charge in [0, 0.05) is 16.3 Å². The third-order valence-corrected chi connectivity index (χ3v) is 6.10. The van der Waals surface area contributed by atoms with E-state index in [4.69, 9.17) is 5.11 Å². The van der Waals surface area contributed by atoms with Gasteiger partial charge in [-0.25, -0.2) is 4.79 Å². The van der Waals surface area contributed by atoms with Gasteiger partial charge in [-0.05, 0) is 55.3 Å². The number of aromatic carboxylic acids is 1. The van der Waals surface area contributed by atoms with Crippen molar-refractivity contribution in [1.29, 1.82) is 0 Å². The zero-order valence-electron chi connectivity index (χ0n) is 17.4. The van der Waals surface area contributed by atoms with E-state index in [1.165, 1.54) is 30.0 Å². The van der Waals surface area contributed by atoms with Crippen LogP contribution in [0.25, 0.3) is 0 Å². The number of anilines is 2. The molecule has 2 aromatic rings. The number of phenols is 1. The van der Waals surface area contributed by atoms with Gasteiger partial charge in [-0.1, -0.05) is 12.2 Å². The molecule has 1 aliphatic rings. The van der Waals surface area contributed by atoms with Gasteiger partial charge in [-0.15, -0.1) is 11.8 Å². The fraction of sp³-hybridized carbons (Fsp3) is 0.217. The number of amides is 2. The molecular weight excluding hydrogens is 448 g/mol. The summed E-state index contributed by atoms with van der Waals surface area (Å²) in [7, 11) is 0. The molecule has 2 amide bonds. The van der Waals surface area contributed by atoms with Crippen molar-refractivity contribution in [3.05, 3.63) is 60.2 Å². The Morgan fingerprint density at radius 1 is 0.879 bits per heavy atom. The molecular formula is C23H22N2O7S. The summed E-state index contributed by atoms with van der Waals surface area (Å²) in [5.74, 6) is -4.70. The van der Waals surface area contributed by atoms with Crippen LogP contribution in [-0.4, -0.2) is 44.8 Å². The normalized spacial score (nSPS) is 17.2. The quantitative estimate of drug-likeness (QED) is 0.223. The highest BCUT2D eigenvalue weighted by molar-refractivity contribution is 8.00. The summed E-state index contributed by atoms with van der Waals surface area (Å²) in [5, 5.41) is 33.2. The number of nitrogens with one attached hydrogen (secondary N) is 2. The van der Waals surface area contributed by atoms with Crippen LogP contribution in [0.5, 0.6) is 5.75 Å². The van der Waals surface area contributed by atoms with Crippen molar-refractivity contribution >= 4 is 46.9 Å². The number of carboxylic acids is 2. The van der Waals surface area contributed by atoms with E-state index in [0.29, 0.717) is 18.5 Å². The summed E-state index contributed by atoms with van der Waals surface area (Å²) in [6.45, 7) is 0. The van der Waals surface area contributed by atoms with Crippen molar-refractivity contribution < 1.29 is 34.5 Å². The van der Waals surface area contributed by atoms with E-state index in [2.05, 4.69) is 10.6 Å². The number of benzene rings is 2. The van der Waals surface area contributed by atoms with Gasteiger partial charge >= 0.3 is 11.9 Å². The molecule has 33 heavy (non-hydrogen) atoms. The first kappa shape index (κ1) is 23.9. The molecule has 0 spiro atoms. The van der Waals surface area contributed by atoms with Crippen molar-refractivity contribution in [3.63, 3.8) is 0 Å². The minimum Gasteiger partial charge on any atom is -0.507 e. The molecule has 10 heteroatoms. The van der Waals surface area contributed by atoms with E-state index >= 15 is 0 Å². The number of aromatic hydroxyl groups is 1. The summed E-state index contributed by atoms with van der Waals surface area (Å²) in [5.41, 5.74) is 0.473. The molecule has 172 valence electrons. The zero-order chi connectivity index (χ0) is 24.0. The largest absolute Gasteiger partial charge is 0.507 e. The Morgan fingerprint density at radius 3 is 2.15 bits per heavy atom. The molecule has 3 rings (SSSR count). The Balaban J connectivity index is 1.52. The number of rotatable bonds is 8. The van der Waals surface area contributed by atoms with Crippen LogP contribution in [0.3, 0.4) is 0 Å². The van der Waals surface area contributed by atoms with Crippen LogP contribution in [0.15, 0.2) is 59.5 Å². The molecule has 0 aliphatic heterocycles. The Kier molecular flexibility index (Phi) is 7.73. The number of carboxylic acid groups (broad SMARTS) is 2. The highest BCUT2D eigenvalue weighted by atomic mass is 32.2. The van der Waals surface area contributed by atoms with E-state index in [1.807, 2.05) is 6.08 Å². The molecule has 0 heterocycles. The number of carbonyl (C=O) groups excluding carboxylic acids is 2. The van der Waals surface area contributed by atoms with Crippen LogP contribution < -0.4 is 10.6 Å². The lowest BCUT2D eigenvalue weighted by Gasteiger charge is -2.24. The van der Waals surface area contributed by atoms with Crippen LogP contribution in [0.2, 0.25) is 0 Å². The molecule has 1 aliphatic carbocycles. The molecule has 0 fully saturated rings. The van der Waals surface area contributed by atoms with Crippen molar-refractivity contribution in [2.24, 2.45) is 11.8 Å². The van der Waals surface area contributed by atoms with E-state index in [-0.39, 0.29) is 34.6 Å². The zero-order valence-corrected chi connectivity index (χ0v) is 18.2. The predicted molar refractivity (Wildman–Crippen MR) is 122 cm³/mol. The lowest BCUT2D eigenvalue weighted by molar-refractivity contribution is -0.146. The second-order valence-corrected chi connectivity index (χ2v) is 8.43.